The number of nitrogens with zero attached hydrogens (tertiary/aromatic N) is 1. The van der Waals surface area contributed by atoms with Crippen LogP contribution in [0.3, 0.4) is 0 Å². The molecule has 128 valence electrons. The summed E-state index contributed by atoms with van der Waals surface area (Å²) in [5.41, 5.74) is 3.96. The molecule has 4 rings (SSSR count). The van der Waals surface area contributed by atoms with E-state index in [4.69, 9.17) is 0 Å². The van der Waals surface area contributed by atoms with Crippen LogP contribution in [0.4, 0.5) is 11.4 Å². The molecular weight excluding hydrogens is 332 g/mol. The van der Waals surface area contributed by atoms with Gasteiger partial charge in [0.15, 0.2) is 0 Å². The zero-order valence-corrected chi connectivity index (χ0v) is 14.9. The molecule has 1 unspecified atom stereocenters. The number of hydrogen-bond acceptors (Lipinski definition) is 3. The molecule has 1 atom stereocenters. The summed E-state index contributed by atoms with van der Waals surface area (Å²) in [5, 5.41) is 2.93. The van der Waals surface area contributed by atoms with Crippen LogP contribution >= 0.6 is 11.8 Å². The van der Waals surface area contributed by atoms with E-state index in [1.54, 1.807) is 11.8 Å². The minimum atomic E-state index is -0.0255. The normalized spacial score (nSPS) is 20.0. The fraction of sp³-hybridized carbons (Fsp3) is 0.300. The molecule has 5 heteroatoms. The number of anilines is 2. The third-order valence-corrected chi connectivity index (χ3v) is 5.77. The van der Waals surface area contributed by atoms with Gasteiger partial charge in [0.25, 0.3) is 0 Å². The van der Waals surface area contributed by atoms with Crippen molar-refractivity contribution in [2.45, 2.75) is 25.1 Å². The van der Waals surface area contributed by atoms with Crippen LogP contribution < -0.4 is 10.2 Å². The van der Waals surface area contributed by atoms with Crippen LogP contribution in [0, 0.1) is 12.8 Å². The van der Waals surface area contributed by atoms with Crippen molar-refractivity contribution in [3.63, 3.8) is 0 Å². The van der Waals surface area contributed by atoms with E-state index in [0.717, 1.165) is 35.3 Å². The molecule has 2 amide bonds. The highest BCUT2D eigenvalue weighted by molar-refractivity contribution is 8.00. The summed E-state index contributed by atoms with van der Waals surface area (Å²) in [6, 6.07) is 15.9. The van der Waals surface area contributed by atoms with Gasteiger partial charge in [0.05, 0.1) is 5.75 Å². The standard InChI is InChI=1S/C20H20N2O2S/c1-13-3-2-4-17(11-13)22-18(23)12-25-20(22)15-7-9-16(10-8-15)21-19(24)14-5-6-14/h2-4,7-11,14,20H,5-6,12H2,1H3,(H,21,24). The van der Waals surface area contributed by atoms with Crippen molar-refractivity contribution in [2.75, 3.05) is 16.0 Å². The molecule has 0 spiro atoms. The second kappa shape index (κ2) is 6.56. The Hall–Kier alpha value is -2.27. The first kappa shape index (κ1) is 16.2. The predicted octanol–water partition coefficient (Wildman–Crippen LogP) is 4.12. The Bertz CT molecular complexity index is 815. The number of hydrogen-bond donors (Lipinski definition) is 1. The average Bonchev–Trinajstić information content (AvgIpc) is 3.38. The number of nitrogens with one attached hydrogen (secondary N) is 1. The van der Waals surface area contributed by atoms with Crippen LogP contribution in [0.5, 0.6) is 0 Å². The molecule has 2 aromatic rings. The number of carbonyl (C=O) groups excluding carboxylic acids is 2. The Balaban J connectivity index is 1.55. The smallest absolute Gasteiger partial charge is 0.238 e. The lowest BCUT2D eigenvalue weighted by Crippen LogP contribution is -2.27. The van der Waals surface area contributed by atoms with Crippen molar-refractivity contribution in [1.29, 1.82) is 0 Å². The molecule has 2 aliphatic rings. The van der Waals surface area contributed by atoms with E-state index in [9.17, 15) is 9.59 Å². The predicted molar refractivity (Wildman–Crippen MR) is 102 cm³/mol. The van der Waals surface area contributed by atoms with Crippen molar-refractivity contribution < 1.29 is 9.59 Å². The molecule has 2 fully saturated rings. The van der Waals surface area contributed by atoms with Crippen molar-refractivity contribution in [3.05, 3.63) is 59.7 Å². The Morgan fingerprint density at radius 2 is 1.92 bits per heavy atom. The average molecular weight is 352 g/mol. The number of amides is 2. The van der Waals surface area contributed by atoms with E-state index >= 15 is 0 Å². The maximum absolute atomic E-state index is 12.4. The molecule has 1 N–H and O–H groups in total. The molecule has 25 heavy (non-hydrogen) atoms. The van der Waals surface area contributed by atoms with Gasteiger partial charge in [-0.1, -0.05) is 24.3 Å². The molecule has 1 aliphatic heterocycles. The largest absolute Gasteiger partial charge is 0.326 e. The zero-order valence-electron chi connectivity index (χ0n) is 14.1. The van der Waals surface area contributed by atoms with Gasteiger partial charge in [-0.05, 0) is 55.2 Å². The van der Waals surface area contributed by atoms with Gasteiger partial charge in [-0.3, -0.25) is 14.5 Å². The minimum Gasteiger partial charge on any atom is -0.326 e. The summed E-state index contributed by atoms with van der Waals surface area (Å²) in [6.07, 6.45) is 1.99. The molecular formula is C20H20N2O2S. The van der Waals surface area contributed by atoms with Crippen molar-refractivity contribution in [3.8, 4) is 0 Å². The summed E-state index contributed by atoms with van der Waals surface area (Å²) < 4.78 is 0. The molecule has 0 bridgehead atoms. The van der Waals surface area contributed by atoms with Crippen molar-refractivity contribution in [1.82, 2.24) is 0 Å². The number of thioether (sulfide) groups is 1. The third-order valence-electron chi connectivity index (χ3n) is 4.56. The van der Waals surface area contributed by atoms with E-state index in [-0.39, 0.29) is 23.1 Å². The Morgan fingerprint density at radius 1 is 1.16 bits per heavy atom. The highest BCUT2D eigenvalue weighted by Crippen LogP contribution is 2.42. The zero-order chi connectivity index (χ0) is 17.4. The van der Waals surface area contributed by atoms with Crippen molar-refractivity contribution >= 4 is 35.0 Å². The van der Waals surface area contributed by atoms with Crippen molar-refractivity contribution in [2.24, 2.45) is 5.92 Å². The number of aryl methyl sites for hydroxylation is 1. The first-order valence-electron chi connectivity index (χ1n) is 8.53. The second-order valence-electron chi connectivity index (χ2n) is 6.65. The first-order valence-corrected chi connectivity index (χ1v) is 9.58. The lowest BCUT2D eigenvalue weighted by atomic mass is 10.1. The molecule has 1 saturated heterocycles. The lowest BCUT2D eigenvalue weighted by Gasteiger charge is -2.25. The Morgan fingerprint density at radius 3 is 2.60 bits per heavy atom. The molecule has 1 aliphatic carbocycles. The van der Waals surface area contributed by atoms with Gasteiger partial charge in [-0.2, -0.15) is 0 Å². The van der Waals surface area contributed by atoms with E-state index < -0.39 is 0 Å². The van der Waals surface area contributed by atoms with Crippen LogP contribution in [-0.2, 0) is 9.59 Å². The third kappa shape index (κ3) is 3.42. The fourth-order valence-electron chi connectivity index (χ4n) is 3.05. The molecule has 1 heterocycles. The topological polar surface area (TPSA) is 49.4 Å². The molecule has 0 radical (unpaired) electrons. The van der Waals surface area contributed by atoms with Gasteiger partial charge in [-0.15, -0.1) is 11.8 Å². The van der Waals surface area contributed by atoms with E-state index in [1.165, 1.54) is 0 Å². The first-order chi connectivity index (χ1) is 12.1. The maximum atomic E-state index is 12.4. The summed E-state index contributed by atoms with van der Waals surface area (Å²) in [7, 11) is 0. The minimum absolute atomic E-state index is 0.0255. The van der Waals surface area contributed by atoms with Crippen LogP contribution in [0.1, 0.15) is 29.3 Å². The van der Waals surface area contributed by atoms with Gasteiger partial charge in [0.1, 0.15) is 5.37 Å². The van der Waals surface area contributed by atoms with Gasteiger partial charge in [0, 0.05) is 17.3 Å². The highest BCUT2D eigenvalue weighted by Gasteiger charge is 2.34. The SMILES string of the molecule is Cc1cccc(N2C(=O)CSC2c2ccc(NC(=O)C3CC3)cc2)c1. The molecule has 2 aromatic carbocycles. The Labute approximate surface area is 151 Å². The summed E-state index contributed by atoms with van der Waals surface area (Å²) in [4.78, 5) is 26.1. The van der Waals surface area contributed by atoms with Crippen LogP contribution in [0.15, 0.2) is 48.5 Å². The quantitative estimate of drug-likeness (QED) is 0.900. The fourth-order valence-corrected chi connectivity index (χ4v) is 4.23. The van der Waals surface area contributed by atoms with Crippen LogP contribution in [-0.4, -0.2) is 17.6 Å². The Kier molecular flexibility index (Phi) is 4.25. The highest BCUT2D eigenvalue weighted by atomic mass is 32.2. The number of carbonyl (C=O) groups is 2. The van der Waals surface area contributed by atoms with Gasteiger partial charge >= 0.3 is 0 Å². The number of rotatable bonds is 4. The van der Waals surface area contributed by atoms with E-state index in [2.05, 4.69) is 5.32 Å². The van der Waals surface area contributed by atoms with E-state index in [0.29, 0.717) is 5.75 Å². The molecule has 0 aromatic heterocycles. The van der Waals surface area contributed by atoms with Gasteiger partial charge in [0.2, 0.25) is 11.8 Å². The number of benzene rings is 2. The van der Waals surface area contributed by atoms with E-state index in [1.807, 2.05) is 60.4 Å². The lowest BCUT2D eigenvalue weighted by molar-refractivity contribution is -0.117. The monoisotopic (exact) mass is 352 g/mol. The molecule has 1 saturated carbocycles. The second-order valence-corrected chi connectivity index (χ2v) is 7.72. The summed E-state index contributed by atoms with van der Waals surface area (Å²) in [6.45, 7) is 2.03. The van der Waals surface area contributed by atoms with Gasteiger partial charge < -0.3 is 5.32 Å². The summed E-state index contributed by atoms with van der Waals surface area (Å²) >= 11 is 1.64. The van der Waals surface area contributed by atoms with Crippen LogP contribution in [0.25, 0.3) is 0 Å². The summed E-state index contributed by atoms with van der Waals surface area (Å²) in [5.74, 6) is 0.921. The maximum Gasteiger partial charge on any atom is 0.238 e. The van der Waals surface area contributed by atoms with Gasteiger partial charge in [-0.25, -0.2) is 0 Å². The van der Waals surface area contributed by atoms with Crippen LogP contribution in [0.2, 0.25) is 0 Å². The molecule has 4 nitrogen and oxygen atoms in total.